The monoisotopic (exact) mass is 74.0 g/mol. The minimum absolute atomic E-state index is 0.343. The van der Waals surface area contributed by atoms with E-state index in [-0.39, 0.29) is 0 Å². The Hall–Kier alpha value is -0.390. The molecule has 0 aliphatic rings. The highest BCUT2D eigenvalue weighted by molar-refractivity contribution is 6.36. The Balaban J connectivity index is 3.57. The van der Waals surface area contributed by atoms with Crippen molar-refractivity contribution in [3.8, 4) is 0 Å². The minimum Gasteiger partial charge on any atom is -0.111 e. The zero-order valence-corrected chi connectivity index (χ0v) is 3.57. The Kier molecular flexibility index (Phi) is 1.78. The van der Waals surface area contributed by atoms with Crippen LogP contribution in [0.4, 0.5) is 0 Å². The first-order chi connectivity index (χ1) is 2.64. The van der Waals surface area contributed by atoms with Crippen molar-refractivity contribution in [2.45, 2.75) is 0 Å². The van der Waals surface area contributed by atoms with Crippen molar-refractivity contribution >= 4 is 15.7 Å². The fourth-order valence-corrected chi connectivity index (χ4v) is 0. The molecular weight excluding hydrogens is 69.7 g/mol. The summed E-state index contributed by atoms with van der Waals surface area (Å²) < 4.78 is 0. The van der Waals surface area contributed by atoms with Crippen LogP contribution in [0, 0.1) is 0 Å². The average molecular weight is 73.7 g/mol. The third kappa shape index (κ3) is 1.89. The second-order valence-corrected chi connectivity index (χ2v) is 1.05. The first-order valence-electron chi connectivity index (χ1n) is 1.53. The molecule has 26 valence electrons. The number of rotatable bonds is 1. The highest BCUT2D eigenvalue weighted by Gasteiger charge is 1.76. The van der Waals surface area contributed by atoms with Gasteiger partial charge in [0.05, 0.1) is 0 Å². The predicted molar refractivity (Wildman–Crippen MR) is 29.8 cm³/mol. The van der Waals surface area contributed by atoms with Crippen molar-refractivity contribution in [1.29, 1.82) is 0 Å². The summed E-state index contributed by atoms with van der Waals surface area (Å²) in [6.45, 7) is 6.62. The maximum Gasteiger partial charge on any atom is 0.112 e. The third-order valence-electron chi connectivity index (χ3n) is 0.412. The molecule has 0 fully saturated rings. The van der Waals surface area contributed by atoms with Crippen molar-refractivity contribution in [2.75, 3.05) is 0 Å². The van der Waals surface area contributed by atoms with Gasteiger partial charge < -0.3 is 0 Å². The summed E-state index contributed by atoms with van der Waals surface area (Å²) in [6, 6.07) is 0. The highest BCUT2D eigenvalue weighted by atomic mass is 13.7. The molecule has 0 N–H and O–H groups in total. The van der Waals surface area contributed by atoms with Crippen LogP contribution < -0.4 is 0 Å². The maximum atomic E-state index is 5.02. The van der Waals surface area contributed by atoms with Gasteiger partial charge in [-0.1, -0.05) is 0 Å². The van der Waals surface area contributed by atoms with Gasteiger partial charge in [-0.25, -0.2) is 0 Å². The van der Waals surface area contributed by atoms with Crippen LogP contribution in [-0.2, 0) is 0 Å². The Labute approximate surface area is 40.8 Å². The normalized spacial score (nSPS) is 7.33. The summed E-state index contributed by atoms with van der Waals surface area (Å²) in [5.74, 6) is 0. The van der Waals surface area contributed by atoms with Crippen LogP contribution in [0.3, 0.4) is 0 Å². The van der Waals surface area contributed by atoms with Gasteiger partial charge >= 0.3 is 0 Å². The predicted octanol–water partition coefficient (Wildman–Crippen LogP) is 0.351. The van der Waals surface area contributed by atoms with Crippen LogP contribution in [0.2, 0.25) is 0 Å². The second kappa shape index (κ2) is 1.91. The molecule has 0 saturated carbocycles. The van der Waals surface area contributed by atoms with Crippen molar-refractivity contribution in [3.05, 3.63) is 24.1 Å². The lowest BCUT2D eigenvalue weighted by molar-refractivity contribution is 1.94. The molecule has 0 spiro atoms. The molecule has 0 rings (SSSR count). The van der Waals surface area contributed by atoms with Crippen LogP contribution in [0.1, 0.15) is 0 Å². The van der Waals surface area contributed by atoms with Gasteiger partial charge in [0, 0.05) is 0 Å². The van der Waals surface area contributed by atoms with E-state index in [9.17, 15) is 0 Å². The van der Waals surface area contributed by atoms with Gasteiger partial charge in [-0.2, -0.15) is 0 Å². The number of hydrogen-bond donors (Lipinski definition) is 0. The van der Waals surface area contributed by atoms with Crippen molar-refractivity contribution in [2.24, 2.45) is 0 Å². The molecule has 0 aliphatic heterocycles. The molecule has 0 aromatic rings. The van der Waals surface area contributed by atoms with Gasteiger partial charge in [0.1, 0.15) is 15.7 Å². The summed E-state index contributed by atoms with van der Waals surface area (Å²) >= 11 is 0. The van der Waals surface area contributed by atoms with Gasteiger partial charge in [0.15, 0.2) is 0 Å². The zero-order valence-electron chi connectivity index (χ0n) is 3.57. The molecular formula is C4H4B2. The zero-order chi connectivity index (χ0) is 5.15. The van der Waals surface area contributed by atoms with E-state index >= 15 is 0 Å². The molecule has 0 nitrogen and oxygen atoms in total. The molecule has 0 unspecified atom stereocenters. The molecule has 0 aromatic carbocycles. The Morgan fingerprint density at radius 3 is 1.17 bits per heavy atom. The SMILES string of the molecule is [B]C(=C)C([B])=C. The van der Waals surface area contributed by atoms with E-state index in [0.717, 1.165) is 0 Å². The van der Waals surface area contributed by atoms with Crippen LogP contribution in [0.25, 0.3) is 0 Å². The largest absolute Gasteiger partial charge is 0.112 e. The Bertz CT molecular complexity index is 71.5. The molecule has 2 heteroatoms. The molecule has 0 heterocycles. The smallest absolute Gasteiger partial charge is 0.111 e. The van der Waals surface area contributed by atoms with Crippen LogP contribution in [0.5, 0.6) is 0 Å². The van der Waals surface area contributed by atoms with Gasteiger partial charge in [0.2, 0.25) is 0 Å². The van der Waals surface area contributed by atoms with E-state index in [0.29, 0.717) is 10.9 Å². The molecule has 6 heavy (non-hydrogen) atoms. The molecule has 0 aromatic heterocycles. The third-order valence-corrected chi connectivity index (χ3v) is 0.412. The van der Waals surface area contributed by atoms with Crippen molar-refractivity contribution in [3.63, 3.8) is 0 Å². The van der Waals surface area contributed by atoms with Crippen LogP contribution in [-0.4, -0.2) is 15.7 Å². The summed E-state index contributed by atoms with van der Waals surface area (Å²) in [7, 11) is 10.0. The van der Waals surface area contributed by atoms with E-state index in [4.69, 9.17) is 15.7 Å². The molecule has 0 amide bonds. The van der Waals surface area contributed by atoms with Crippen molar-refractivity contribution < 1.29 is 0 Å². The van der Waals surface area contributed by atoms with E-state index < -0.39 is 0 Å². The van der Waals surface area contributed by atoms with E-state index in [1.165, 1.54) is 0 Å². The lowest BCUT2D eigenvalue weighted by Gasteiger charge is -1.89. The molecule has 0 aliphatic carbocycles. The quantitative estimate of drug-likeness (QED) is 0.311. The molecule has 4 radical (unpaired) electrons. The number of hydrogen-bond acceptors (Lipinski definition) is 0. The van der Waals surface area contributed by atoms with Crippen LogP contribution >= 0.6 is 0 Å². The topological polar surface area (TPSA) is 0 Å². The molecule has 0 saturated heterocycles. The fraction of sp³-hybridized carbons (Fsp3) is 0. The Morgan fingerprint density at radius 2 is 1.17 bits per heavy atom. The average Bonchev–Trinajstić information content (AvgIpc) is 1.36. The second-order valence-electron chi connectivity index (χ2n) is 1.05. The van der Waals surface area contributed by atoms with Gasteiger partial charge in [-0.3, -0.25) is 0 Å². The first kappa shape index (κ1) is 5.61. The highest BCUT2D eigenvalue weighted by Crippen LogP contribution is 1.89. The summed E-state index contributed by atoms with van der Waals surface area (Å²) in [5.41, 5.74) is 0.685. The standard InChI is InChI=1S/C4H4B2/c1-3(5)4(2)6/h1-2H2. The van der Waals surface area contributed by atoms with E-state index in [1.54, 1.807) is 0 Å². The van der Waals surface area contributed by atoms with Gasteiger partial charge in [0.25, 0.3) is 0 Å². The van der Waals surface area contributed by atoms with Crippen LogP contribution in [0.15, 0.2) is 24.1 Å². The summed E-state index contributed by atoms with van der Waals surface area (Å²) in [4.78, 5) is 0. The van der Waals surface area contributed by atoms with Crippen molar-refractivity contribution in [1.82, 2.24) is 0 Å². The lowest BCUT2D eigenvalue weighted by atomic mass is 9.80. The maximum absolute atomic E-state index is 5.02. The van der Waals surface area contributed by atoms with E-state index in [2.05, 4.69) is 13.2 Å². The lowest BCUT2D eigenvalue weighted by Crippen LogP contribution is -1.80. The fourth-order valence-electron chi connectivity index (χ4n) is 0. The summed E-state index contributed by atoms with van der Waals surface area (Å²) in [6.07, 6.45) is 0. The first-order valence-corrected chi connectivity index (χ1v) is 1.53. The number of allylic oxidation sites excluding steroid dienone is 2. The van der Waals surface area contributed by atoms with E-state index in [1.807, 2.05) is 0 Å². The molecule has 0 bridgehead atoms. The van der Waals surface area contributed by atoms with Gasteiger partial charge in [-0.05, 0) is 0 Å². The van der Waals surface area contributed by atoms with Gasteiger partial charge in [-0.15, -0.1) is 24.1 Å². The summed E-state index contributed by atoms with van der Waals surface area (Å²) in [5, 5.41) is 0. The minimum atomic E-state index is 0.343. The Morgan fingerprint density at radius 1 is 1.00 bits per heavy atom. The molecule has 0 atom stereocenters.